The second kappa shape index (κ2) is 2.86. The number of halogens is 1. The van der Waals surface area contributed by atoms with E-state index in [0.29, 0.717) is 0 Å². The maximum absolute atomic E-state index is 10.5. The van der Waals surface area contributed by atoms with Gasteiger partial charge in [0.1, 0.15) is 0 Å². The van der Waals surface area contributed by atoms with Crippen LogP contribution >= 0.6 is 22.6 Å². The molecule has 0 aliphatic rings. The van der Waals surface area contributed by atoms with Crippen LogP contribution in [0.2, 0.25) is 0 Å². The summed E-state index contributed by atoms with van der Waals surface area (Å²) in [6.45, 7) is 5.35. The van der Waals surface area contributed by atoms with Crippen molar-refractivity contribution in [2.24, 2.45) is 5.41 Å². The van der Waals surface area contributed by atoms with Crippen LogP contribution in [0.25, 0.3) is 0 Å². The third-order valence-electron chi connectivity index (χ3n) is 1.55. The zero-order valence-electron chi connectivity index (χ0n) is 5.81. The van der Waals surface area contributed by atoms with Crippen molar-refractivity contribution < 1.29 is 9.90 Å². The molecule has 0 aromatic heterocycles. The van der Waals surface area contributed by atoms with Gasteiger partial charge in [0.15, 0.2) is 0 Å². The number of aliphatic carboxylic acids is 1. The molecule has 0 aromatic carbocycles. The van der Waals surface area contributed by atoms with Crippen LogP contribution in [0, 0.1) is 5.41 Å². The molecule has 1 atom stereocenters. The van der Waals surface area contributed by atoms with Crippen molar-refractivity contribution in [3.05, 3.63) is 0 Å². The Bertz CT molecular complexity index is 118. The van der Waals surface area contributed by atoms with E-state index in [1.54, 1.807) is 13.8 Å². The Morgan fingerprint density at radius 2 is 2.00 bits per heavy atom. The summed E-state index contributed by atoms with van der Waals surface area (Å²) >= 11 is 2.12. The van der Waals surface area contributed by atoms with E-state index in [1.807, 2.05) is 6.92 Å². The summed E-state index contributed by atoms with van der Waals surface area (Å²) in [6.07, 6.45) is 0. The van der Waals surface area contributed by atoms with Gasteiger partial charge in [0.25, 0.3) is 0 Å². The zero-order chi connectivity index (χ0) is 7.65. The number of rotatable bonds is 2. The Morgan fingerprint density at radius 3 is 2.00 bits per heavy atom. The van der Waals surface area contributed by atoms with Crippen LogP contribution in [0.1, 0.15) is 20.8 Å². The van der Waals surface area contributed by atoms with Crippen molar-refractivity contribution in [3.8, 4) is 0 Å². The molecule has 0 fully saturated rings. The minimum Gasteiger partial charge on any atom is -0.481 e. The highest BCUT2D eigenvalue weighted by molar-refractivity contribution is 14.1. The molecule has 1 N–H and O–H groups in total. The van der Waals surface area contributed by atoms with Crippen molar-refractivity contribution in [1.29, 1.82) is 0 Å². The molecule has 9 heavy (non-hydrogen) atoms. The number of carbonyl (C=O) groups is 1. The van der Waals surface area contributed by atoms with Crippen molar-refractivity contribution in [2.45, 2.75) is 24.7 Å². The van der Waals surface area contributed by atoms with Crippen LogP contribution in [0.3, 0.4) is 0 Å². The van der Waals surface area contributed by atoms with Gasteiger partial charge in [-0.25, -0.2) is 0 Å². The van der Waals surface area contributed by atoms with Gasteiger partial charge in [-0.3, -0.25) is 4.79 Å². The minimum atomic E-state index is -0.732. The lowest BCUT2D eigenvalue weighted by Gasteiger charge is -2.21. The van der Waals surface area contributed by atoms with E-state index in [1.165, 1.54) is 0 Å². The monoisotopic (exact) mass is 242 g/mol. The first-order valence-electron chi connectivity index (χ1n) is 2.76. The average Bonchev–Trinajstić information content (AvgIpc) is 1.65. The van der Waals surface area contributed by atoms with Gasteiger partial charge in [-0.15, -0.1) is 0 Å². The lowest BCUT2D eigenvalue weighted by atomic mass is 9.91. The van der Waals surface area contributed by atoms with Crippen LogP contribution in [-0.2, 0) is 4.79 Å². The van der Waals surface area contributed by atoms with Gasteiger partial charge < -0.3 is 5.11 Å². The second-order valence-corrected chi connectivity index (χ2v) is 4.51. The Morgan fingerprint density at radius 1 is 1.67 bits per heavy atom. The number of carboxylic acids is 1. The minimum absolute atomic E-state index is 0.160. The van der Waals surface area contributed by atoms with Gasteiger partial charge in [-0.1, -0.05) is 29.5 Å². The Balaban J connectivity index is 4.19. The molecule has 3 heteroatoms. The third kappa shape index (κ3) is 2.12. The standard InChI is InChI=1S/C6H11IO2/c1-4(7)6(2,3)5(8)9/h4H,1-3H3,(H,8,9). The van der Waals surface area contributed by atoms with Crippen molar-refractivity contribution in [1.82, 2.24) is 0 Å². The van der Waals surface area contributed by atoms with Gasteiger partial charge in [0.2, 0.25) is 0 Å². The number of hydrogen-bond donors (Lipinski definition) is 1. The molecule has 1 unspecified atom stereocenters. The van der Waals surface area contributed by atoms with Crippen LogP contribution < -0.4 is 0 Å². The molecule has 0 amide bonds. The summed E-state index contributed by atoms with van der Waals surface area (Å²) in [5.74, 6) is -0.732. The fraction of sp³-hybridized carbons (Fsp3) is 0.833. The highest BCUT2D eigenvalue weighted by Gasteiger charge is 2.31. The molecular formula is C6H11IO2. The number of hydrogen-bond acceptors (Lipinski definition) is 1. The number of carboxylic acid groups (broad SMARTS) is 1. The van der Waals surface area contributed by atoms with Gasteiger partial charge >= 0.3 is 5.97 Å². The van der Waals surface area contributed by atoms with Gasteiger partial charge in [0, 0.05) is 3.92 Å². The van der Waals surface area contributed by atoms with Crippen LogP contribution in [0.5, 0.6) is 0 Å². The first-order chi connectivity index (χ1) is 3.89. The van der Waals surface area contributed by atoms with Crippen molar-refractivity contribution in [3.63, 3.8) is 0 Å². The van der Waals surface area contributed by atoms with Crippen LogP contribution in [0.15, 0.2) is 0 Å². The maximum atomic E-state index is 10.5. The molecule has 0 bridgehead atoms. The fourth-order valence-electron chi connectivity index (χ4n) is 0.170. The lowest BCUT2D eigenvalue weighted by molar-refractivity contribution is -0.146. The van der Waals surface area contributed by atoms with Gasteiger partial charge in [-0.05, 0) is 13.8 Å². The van der Waals surface area contributed by atoms with Crippen molar-refractivity contribution in [2.75, 3.05) is 0 Å². The highest BCUT2D eigenvalue weighted by atomic mass is 127. The van der Waals surface area contributed by atoms with E-state index in [4.69, 9.17) is 5.11 Å². The van der Waals surface area contributed by atoms with E-state index in [0.717, 1.165) is 0 Å². The van der Waals surface area contributed by atoms with E-state index in [9.17, 15) is 4.79 Å². The molecule has 0 saturated heterocycles. The van der Waals surface area contributed by atoms with E-state index >= 15 is 0 Å². The SMILES string of the molecule is CC(I)C(C)(C)C(=O)O. The average molecular weight is 242 g/mol. The second-order valence-electron chi connectivity index (χ2n) is 2.64. The molecule has 0 spiro atoms. The summed E-state index contributed by atoms with van der Waals surface area (Å²) < 4.78 is 0.160. The van der Waals surface area contributed by atoms with Crippen LogP contribution in [0.4, 0.5) is 0 Å². The summed E-state index contributed by atoms with van der Waals surface area (Å²) in [5.41, 5.74) is -0.597. The molecular weight excluding hydrogens is 231 g/mol. The van der Waals surface area contributed by atoms with Crippen molar-refractivity contribution >= 4 is 28.6 Å². The predicted molar refractivity (Wildman–Crippen MR) is 44.9 cm³/mol. The number of alkyl halides is 1. The van der Waals surface area contributed by atoms with Crippen LogP contribution in [-0.4, -0.2) is 15.0 Å². The zero-order valence-corrected chi connectivity index (χ0v) is 7.97. The lowest BCUT2D eigenvalue weighted by Crippen LogP contribution is -2.31. The normalized spacial score (nSPS) is 15.1. The first-order valence-corrected chi connectivity index (χ1v) is 4.01. The topological polar surface area (TPSA) is 37.3 Å². The summed E-state index contributed by atoms with van der Waals surface area (Å²) in [5, 5.41) is 8.61. The first kappa shape index (κ1) is 9.20. The molecule has 0 aliphatic carbocycles. The maximum Gasteiger partial charge on any atom is 0.310 e. The molecule has 0 rings (SSSR count). The van der Waals surface area contributed by atoms with E-state index < -0.39 is 11.4 Å². The van der Waals surface area contributed by atoms with E-state index in [-0.39, 0.29) is 3.92 Å². The smallest absolute Gasteiger partial charge is 0.310 e. The molecule has 54 valence electrons. The molecule has 0 aliphatic heterocycles. The Labute approximate surface area is 68.8 Å². The van der Waals surface area contributed by atoms with Gasteiger partial charge in [0.05, 0.1) is 5.41 Å². The summed E-state index contributed by atoms with van der Waals surface area (Å²) in [4.78, 5) is 10.5. The molecule has 0 aromatic rings. The Kier molecular flexibility index (Phi) is 2.92. The van der Waals surface area contributed by atoms with Gasteiger partial charge in [-0.2, -0.15) is 0 Å². The summed E-state index contributed by atoms with van der Waals surface area (Å²) in [7, 11) is 0. The van der Waals surface area contributed by atoms with E-state index in [2.05, 4.69) is 22.6 Å². The summed E-state index contributed by atoms with van der Waals surface area (Å²) in [6, 6.07) is 0. The predicted octanol–water partition coefficient (Wildman–Crippen LogP) is 1.92. The molecule has 0 radical (unpaired) electrons. The fourth-order valence-corrected chi connectivity index (χ4v) is 0.437. The third-order valence-corrected chi connectivity index (χ3v) is 3.10. The molecule has 2 nitrogen and oxygen atoms in total. The molecule has 0 heterocycles. The molecule has 0 saturated carbocycles. The largest absolute Gasteiger partial charge is 0.481 e. The highest BCUT2D eigenvalue weighted by Crippen LogP contribution is 2.26. The Hall–Kier alpha value is 0.200. The quantitative estimate of drug-likeness (QED) is 0.593.